The molecule has 4 aromatic heterocycles. The quantitative estimate of drug-likeness (QED) is 0.103. The van der Waals surface area contributed by atoms with Gasteiger partial charge in [-0.15, -0.1) is 0 Å². The number of rotatable bonds is 10. The molecule has 60 heavy (non-hydrogen) atoms. The second-order valence-electron chi connectivity index (χ2n) is 15.0. The Kier molecular flexibility index (Phi) is 12.1. The molecular formula is C46H44N8O4S2. The molecule has 2 aliphatic carbocycles. The minimum atomic E-state index is -0.272. The molecule has 0 aliphatic heterocycles. The van der Waals surface area contributed by atoms with E-state index < -0.39 is 0 Å². The molecule has 2 aliphatic rings. The Hall–Kier alpha value is -6.06. The third-order valence-electron chi connectivity index (χ3n) is 10.7. The number of para-hydroxylation sites is 2. The normalized spacial score (nSPS) is 19.0. The molecular weight excluding hydrogens is 793 g/mol. The molecule has 4 aromatic carbocycles. The molecule has 4 atom stereocenters. The van der Waals surface area contributed by atoms with E-state index in [4.69, 9.17) is 9.47 Å². The number of nitrogens with one attached hydrogen (secondary N) is 2. The molecule has 0 spiro atoms. The highest BCUT2D eigenvalue weighted by Crippen LogP contribution is 2.39. The predicted molar refractivity (Wildman–Crippen MR) is 237 cm³/mol. The monoisotopic (exact) mass is 836 g/mol. The smallest absolute Gasteiger partial charge is 0.241 e. The molecule has 12 nitrogen and oxygen atoms in total. The lowest BCUT2D eigenvalue weighted by Crippen LogP contribution is -2.19. The lowest BCUT2D eigenvalue weighted by atomic mass is 9.85. The molecule has 0 bridgehead atoms. The number of hydrogen-bond acceptors (Lipinski definition) is 14. The SMILES string of the molecule is O[C@@H]1CCC[C@@H](c2nccnc2Oc2ccc(Nc3nc4ccccc4s3)cc2)C1.O[C@H]1CCCC(c2nccnc2Oc2ccc(Nc3nc4ccccc4s3)cc2)C1. The van der Waals surface area contributed by atoms with Crippen molar-refractivity contribution in [3.63, 3.8) is 0 Å². The molecule has 2 fully saturated rings. The minimum Gasteiger partial charge on any atom is -0.437 e. The van der Waals surface area contributed by atoms with E-state index in [9.17, 15) is 10.2 Å². The van der Waals surface area contributed by atoms with Crippen LogP contribution in [0.2, 0.25) is 0 Å². The van der Waals surface area contributed by atoms with Crippen molar-refractivity contribution < 1.29 is 19.7 Å². The zero-order chi connectivity index (χ0) is 40.7. The van der Waals surface area contributed by atoms with Crippen LogP contribution in [0.25, 0.3) is 20.4 Å². The Balaban J connectivity index is 0.000000154. The van der Waals surface area contributed by atoms with E-state index in [-0.39, 0.29) is 24.0 Å². The van der Waals surface area contributed by atoms with Gasteiger partial charge in [0.15, 0.2) is 10.3 Å². The zero-order valence-corrected chi connectivity index (χ0v) is 34.4. The fourth-order valence-electron chi connectivity index (χ4n) is 7.75. The maximum atomic E-state index is 10.0. The Labute approximate surface area is 355 Å². The summed E-state index contributed by atoms with van der Waals surface area (Å²) in [6.45, 7) is 0. The van der Waals surface area contributed by atoms with Crippen LogP contribution < -0.4 is 20.1 Å². The lowest BCUT2D eigenvalue weighted by molar-refractivity contribution is 0.118. The molecule has 0 saturated heterocycles. The van der Waals surface area contributed by atoms with E-state index in [0.717, 1.165) is 92.0 Å². The summed E-state index contributed by atoms with van der Waals surface area (Å²) in [6.07, 6.45) is 13.2. The number of nitrogens with zero attached hydrogens (tertiary/aromatic N) is 6. The number of aromatic nitrogens is 6. The van der Waals surface area contributed by atoms with Crippen molar-refractivity contribution in [2.75, 3.05) is 10.6 Å². The first-order chi connectivity index (χ1) is 29.5. The lowest BCUT2D eigenvalue weighted by Gasteiger charge is -2.26. The number of anilines is 4. The highest BCUT2D eigenvalue weighted by molar-refractivity contribution is 7.22. The zero-order valence-electron chi connectivity index (χ0n) is 32.7. The van der Waals surface area contributed by atoms with Crippen molar-refractivity contribution >= 4 is 64.7 Å². The molecule has 4 N–H and O–H groups in total. The third kappa shape index (κ3) is 9.69. The van der Waals surface area contributed by atoms with Crippen LogP contribution in [0.3, 0.4) is 0 Å². The molecule has 10 rings (SSSR count). The first kappa shape index (κ1) is 39.4. The van der Waals surface area contributed by atoms with Crippen LogP contribution in [0.4, 0.5) is 21.6 Å². The van der Waals surface area contributed by atoms with Crippen LogP contribution in [-0.4, -0.2) is 52.3 Å². The van der Waals surface area contributed by atoms with Gasteiger partial charge in [0.05, 0.1) is 32.6 Å². The van der Waals surface area contributed by atoms with Gasteiger partial charge in [-0.1, -0.05) is 59.8 Å². The van der Waals surface area contributed by atoms with Crippen LogP contribution in [0.15, 0.2) is 122 Å². The van der Waals surface area contributed by atoms with Gasteiger partial charge in [-0.3, -0.25) is 9.97 Å². The molecule has 8 aromatic rings. The van der Waals surface area contributed by atoms with Crippen molar-refractivity contribution in [1.82, 2.24) is 29.9 Å². The van der Waals surface area contributed by atoms with Crippen LogP contribution in [0, 0.1) is 0 Å². The van der Waals surface area contributed by atoms with Crippen LogP contribution in [0.1, 0.15) is 74.6 Å². The summed E-state index contributed by atoms with van der Waals surface area (Å²) in [5, 5.41) is 28.5. The standard InChI is InChI=1S/2C23H22N4O2S/c2*28-17-5-3-4-15(14-17)21-22(25-13-12-24-21)29-18-10-8-16(9-11-18)26-23-27-19-6-1-2-7-20(19)30-23/h2*1-2,6-13,15,17,28H,3-5,14H2,(H,26,27)/t15?,17-;15-,17-/m01/s1. The first-order valence-electron chi connectivity index (χ1n) is 20.3. The Morgan fingerprint density at radius 2 is 0.917 bits per heavy atom. The maximum absolute atomic E-state index is 10.0. The number of aliphatic hydroxyl groups excluding tert-OH is 2. The summed E-state index contributed by atoms with van der Waals surface area (Å²) >= 11 is 3.25. The summed E-state index contributed by atoms with van der Waals surface area (Å²) in [4.78, 5) is 27.0. The molecule has 0 radical (unpaired) electrons. The highest BCUT2D eigenvalue weighted by Gasteiger charge is 2.27. The van der Waals surface area contributed by atoms with E-state index in [2.05, 4.69) is 52.7 Å². The Morgan fingerprint density at radius 3 is 1.33 bits per heavy atom. The fourth-order valence-corrected chi connectivity index (χ4v) is 9.52. The number of thiazole rings is 2. The topological polar surface area (TPSA) is 160 Å². The van der Waals surface area contributed by atoms with Crippen molar-refractivity contribution in [3.8, 4) is 23.3 Å². The molecule has 14 heteroatoms. The van der Waals surface area contributed by atoms with E-state index in [1.807, 2.05) is 84.9 Å². The van der Waals surface area contributed by atoms with Gasteiger partial charge in [0.25, 0.3) is 0 Å². The average Bonchev–Trinajstić information content (AvgIpc) is 3.89. The summed E-state index contributed by atoms with van der Waals surface area (Å²) in [5.41, 5.74) is 5.52. The number of fused-ring (bicyclic) bond motifs is 2. The molecule has 2 saturated carbocycles. The van der Waals surface area contributed by atoms with Gasteiger partial charge in [0, 0.05) is 48.0 Å². The van der Waals surface area contributed by atoms with Gasteiger partial charge in [0.1, 0.15) is 22.9 Å². The Bertz CT molecular complexity index is 2410. The van der Waals surface area contributed by atoms with Gasteiger partial charge in [0.2, 0.25) is 11.8 Å². The van der Waals surface area contributed by atoms with Crippen molar-refractivity contribution in [1.29, 1.82) is 0 Å². The van der Waals surface area contributed by atoms with Crippen molar-refractivity contribution in [2.24, 2.45) is 0 Å². The van der Waals surface area contributed by atoms with Crippen molar-refractivity contribution in [2.45, 2.75) is 75.4 Å². The van der Waals surface area contributed by atoms with Gasteiger partial charge < -0.3 is 30.3 Å². The van der Waals surface area contributed by atoms with E-state index in [1.165, 1.54) is 0 Å². The number of benzene rings is 4. The van der Waals surface area contributed by atoms with Gasteiger partial charge in [-0.05, 0) is 111 Å². The molecule has 4 heterocycles. The highest BCUT2D eigenvalue weighted by atomic mass is 32.1. The fraction of sp³-hybridized carbons (Fsp3) is 0.261. The van der Waals surface area contributed by atoms with E-state index in [1.54, 1.807) is 47.5 Å². The van der Waals surface area contributed by atoms with Gasteiger partial charge >= 0.3 is 0 Å². The second kappa shape index (κ2) is 18.5. The average molecular weight is 837 g/mol. The minimum absolute atomic E-state index is 0.178. The summed E-state index contributed by atoms with van der Waals surface area (Å²) < 4.78 is 14.4. The second-order valence-corrected chi connectivity index (χ2v) is 17.1. The number of hydrogen-bond donors (Lipinski definition) is 4. The predicted octanol–water partition coefficient (Wildman–Crippen LogP) is 11.3. The van der Waals surface area contributed by atoms with Crippen LogP contribution in [-0.2, 0) is 0 Å². The molecule has 1 unspecified atom stereocenters. The van der Waals surface area contributed by atoms with Gasteiger partial charge in [-0.25, -0.2) is 19.9 Å². The summed E-state index contributed by atoms with van der Waals surface area (Å²) in [7, 11) is 0. The maximum Gasteiger partial charge on any atom is 0.241 e. The van der Waals surface area contributed by atoms with E-state index >= 15 is 0 Å². The van der Waals surface area contributed by atoms with E-state index in [0.29, 0.717) is 36.1 Å². The van der Waals surface area contributed by atoms with Crippen LogP contribution >= 0.6 is 22.7 Å². The van der Waals surface area contributed by atoms with Crippen molar-refractivity contribution in [3.05, 3.63) is 133 Å². The summed E-state index contributed by atoms with van der Waals surface area (Å²) in [5.74, 6) is 2.78. The van der Waals surface area contributed by atoms with Gasteiger partial charge in [-0.2, -0.15) is 0 Å². The Morgan fingerprint density at radius 1 is 0.500 bits per heavy atom. The summed E-state index contributed by atoms with van der Waals surface area (Å²) in [6, 6.07) is 31.7. The largest absolute Gasteiger partial charge is 0.437 e. The number of ether oxygens (including phenoxy) is 2. The van der Waals surface area contributed by atoms with Crippen LogP contribution in [0.5, 0.6) is 23.3 Å². The first-order valence-corrected chi connectivity index (χ1v) is 21.9. The molecule has 304 valence electrons. The molecule has 0 amide bonds. The number of aliphatic hydroxyl groups is 2. The third-order valence-corrected chi connectivity index (χ3v) is 12.6.